The number of carboxylic acids is 1. The van der Waals surface area contributed by atoms with E-state index in [1.54, 1.807) is 0 Å². The monoisotopic (exact) mass is 445 g/mol. The van der Waals surface area contributed by atoms with E-state index in [9.17, 15) is 4.79 Å². The number of nitrogens with zero attached hydrogens (tertiary/aromatic N) is 1. The first kappa shape index (κ1) is 23.3. The van der Waals surface area contributed by atoms with Crippen LogP contribution in [0.2, 0.25) is 0 Å². The molecule has 4 heteroatoms. The number of hydrogen-bond acceptors (Lipinski definition) is 3. The van der Waals surface area contributed by atoms with Gasteiger partial charge in [-0.15, -0.1) is 0 Å². The minimum atomic E-state index is -0.746. The van der Waals surface area contributed by atoms with Crippen molar-refractivity contribution in [1.29, 1.82) is 0 Å². The van der Waals surface area contributed by atoms with Crippen LogP contribution in [-0.2, 0) is 16.0 Å². The van der Waals surface area contributed by atoms with Crippen LogP contribution in [-0.4, -0.2) is 36.9 Å². The van der Waals surface area contributed by atoms with Crippen LogP contribution in [0.3, 0.4) is 0 Å². The summed E-state index contributed by atoms with van der Waals surface area (Å²) in [5, 5.41) is 11.7. The van der Waals surface area contributed by atoms with Crippen molar-refractivity contribution in [3.05, 3.63) is 77.4 Å². The Hall–Kier alpha value is -2.85. The molecule has 33 heavy (non-hydrogen) atoms. The van der Waals surface area contributed by atoms with Crippen LogP contribution in [0, 0.1) is 6.92 Å². The molecule has 0 amide bonds. The van der Waals surface area contributed by atoms with Gasteiger partial charge in [0.1, 0.15) is 0 Å². The summed E-state index contributed by atoms with van der Waals surface area (Å²) < 4.78 is 6.10. The van der Waals surface area contributed by atoms with Gasteiger partial charge in [0.15, 0.2) is 0 Å². The van der Waals surface area contributed by atoms with E-state index in [4.69, 9.17) is 9.84 Å². The smallest absolute Gasteiger partial charge is 0.303 e. The van der Waals surface area contributed by atoms with Gasteiger partial charge in [-0.1, -0.05) is 61.9 Å². The minimum absolute atomic E-state index is 0.172. The Morgan fingerprint density at radius 3 is 2.82 bits per heavy atom. The summed E-state index contributed by atoms with van der Waals surface area (Å²) >= 11 is 0. The fourth-order valence-electron chi connectivity index (χ4n) is 4.98. The number of aliphatic carboxylic acids is 1. The molecule has 4 nitrogen and oxygen atoms in total. The molecule has 3 aromatic rings. The van der Waals surface area contributed by atoms with Gasteiger partial charge in [-0.25, -0.2) is 0 Å². The molecule has 0 spiro atoms. The first-order valence-corrected chi connectivity index (χ1v) is 12.2. The van der Waals surface area contributed by atoms with Crippen molar-refractivity contribution >= 4 is 22.4 Å². The Labute approximate surface area is 197 Å². The molecule has 0 radical (unpaired) electrons. The maximum absolute atomic E-state index is 11.0. The number of benzene rings is 3. The highest BCUT2D eigenvalue weighted by molar-refractivity contribution is 5.86. The summed E-state index contributed by atoms with van der Waals surface area (Å²) in [6, 6.07) is 21.7. The Morgan fingerprint density at radius 1 is 1.15 bits per heavy atom. The fourth-order valence-corrected chi connectivity index (χ4v) is 4.98. The molecule has 1 aliphatic heterocycles. The van der Waals surface area contributed by atoms with E-state index in [-0.39, 0.29) is 12.5 Å². The highest BCUT2D eigenvalue weighted by Crippen LogP contribution is 2.30. The molecule has 3 aromatic carbocycles. The predicted octanol–water partition coefficient (Wildman–Crippen LogP) is 6.34. The molecule has 1 unspecified atom stereocenters. The number of hydrogen-bond donors (Lipinski definition) is 1. The summed E-state index contributed by atoms with van der Waals surface area (Å²) in [7, 11) is 0. The molecule has 4 rings (SSSR count). The molecule has 174 valence electrons. The third-order valence-corrected chi connectivity index (χ3v) is 6.96. The number of ether oxygens (including phenoxy) is 1. The van der Waals surface area contributed by atoms with Gasteiger partial charge in [-0.3, -0.25) is 4.79 Å². The van der Waals surface area contributed by atoms with E-state index in [0.29, 0.717) is 12.3 Å². The van der Waals surface area contributed by atoms with Crippen molar-refractivity contribution in [1.82, 2.24) is 0 Å². The van der Waals surface area contributed by atoms with Gasteiger partial charge in [-0.2, -0.15) is 0 Å². The second-order valence-corrected chi connectivity index (χ2v) is 9.34. The van der Waals surface area contributed by atoms with Crippen LogP contribution in [0.25, 0.3) is 10.8 Å². The number of morpholine rings is 1. The first-order valence-electron chi connectivity index (χ1n) is 12.2. The molecule has 0 saturated carbocycles. The van der Waals surface area contributed by atoms with Gasteiger partial charge in [-0.05, 0) is 71.7 Å². The highest BCUT2D eigenvalue weighted by Gasteiger charge is 2.21. The number of carboxylic acid groups (broad SMARTS) is 1. The van der Waals surface area contributed by atoms with Crippen molar-refractivity contribution < 1.29 is 14.6 Å². The second kappa shape index (κ2) is 10.8. The van der Waals surface area contributed by atoms with Crippen molar-refractivity contribution in [2.24, 2.45) is 0 Å². The lowest BCUT2D eigenvalue weighted by Crippen LogP contribution is -2.42. The average molecular weight is 446 g/mol. The zero-order chi connectivity index (χ0) is 23.2. The Balaban J connectivity index is 1.33. The van der Waals surface area contributed by atoms with E-state index < -0.39 is 5.97 Å². The lowest BCUT2D eigenvalue weighted by molar-refractivity contribution is -0.136. The molecule has 0 aliphatic carbocycles. The van der Waals surface area contributed by atoms with Crippen LogP contribution in [0.4, 0.5) is 5.69 Å². The largest absolute Gasteiger partial charge is 0.481 e. The lowest BCUT2D eigenvalue weighted by Gasteiger charge is -2.35. The normalized spacial score (nSPS) is 17.3. The third kappa shape index (κ3) is 5.94. The van der Waals surface area contributed by atoms with E-state index in [1.807, 2.05) is 0 Å². The Bertz CT molecular complexity index is 1090. The SMILES string of the molecule is Cc1ccc(N2CCOC(CCC[C@H](C)c3cccc4ccccc34)C2)cc1CCC(=O)O. The average Bonchev–Trinajstić information content (AvgIpc) is 2.83. The van der Waals surface area contributed by atoms with Crippen molar-refractivity contribution in [3.63, 3.8) is 0 Å². The number of carbonyl (C=O) groups is 1. The zero-order valence-electron chi connectivity index (χ0n) is 19.8. The van der Waals surface area contributed by atoms with E-state index in [1.165, 1.54) is 22.0 Å². The van der Waals surface area contributed by atoms with Crippen molar-refractivity contribution in [2.75, 3.05) is 24.6 Å². The van der Waals surface area contributed by atoms with Crippen molar-refractivity contribution in [3.8, 4) is 0 Å². The number of fused-ring (bicyclic) bond motifs is 1. The zero-order valence-corrected chi connectivity index (χ0v) is 19.8. The molecule has 1 N–H and O–H groups in total. The maximum atomic E-state index is 11.0. The van der Waals surface area contributed by atoms with Gasteiger partial charge in [0.2, 0.25) is 0 Å². The Morgan fingerprint density at radius 2 is 1.97 bits per heavy atom. The molecule has 0 bridgehead atoms. The van der Waals surface area contributed by atoms with Gasteiger partial charge in [0, 0.05) is 25.2 Å². The lowest BCUT2D eigenvalue weighted by atomic mass is 9.90. The predicted molar refractivity (Wildman–Crippen MR) is 135 cm³/mol. The molecule has 2 atom stereocenters. The topological polar surface area (TPSA) is 49.8 Å². The molecule has 0 aromatic heterocycles. The quantitative estimate of drug-likeness (QED) is 0.417. The maximum Gasteiger partial charge on any atom is 0.303 e. The van der Waals surface area contributed by atoms with E-state index >= 15 is 0 Å². The summed E-state index contributed by atoms with van der Waals surface area (Å²) in [6.07, 6.45) is 4.34. The molecular formula is C29H35NO3. The molecule has 1 heterocycles. The first-order chi connectivity index (χ1) is 16.0. The van der Waals surface area contributed by atoms with Crippen LogP contribution >= 0.6 is 0 Å². The van der Waals surface area contributed by atoms with E-state index in [0.717, 1.165) is 50.1 Å². The summed E-state index contributed by atoms with van der Waals surface area (Å²) in [6.45, 7) is 6.90. The summed E-state index contributed by atoms with van der Waals surface area (Å²) in [5.74, 6) is -0.228. The van der Waals surface area contributed by atoms with Gasteiger partial charge < -0.3 is 14.7 Å². The Kier molecular flexibility index (Phi) is 7.66. The third-order valence-electron chi connectivity index (χ3n) is 6.96. The molecular weight excluding hydrogens is 410 g/mol. The number of rotatable bonds is 9. The fraction of sp³-hybridized carbons (Fsp3) is 0.414. The van der Waals surface area contributed by atoms with Gasteiger partial charge in [0.25, 0.3) is 0 Å². The van der Waals surface area contributed by atoms with Crippen LogP contribution in [0.15, 0.2) is 60.7 Å². The van der Waals surface area contributed by atoms with Crippen LogP contribution < -0.4 is 4.90 Å². The summed E-state index contributed by atoms with van der Waals surface area (Å²) in [4.78, 5) is 13.4. The highest BCUT2D eigenvalue weighted by atomic mass is 16.5. The van der Waals surface area contributed by atoms with Crippen LogP contribution in [0.1, 0.15) is 55.2 Å². The second-order valence-electron chi connectivity index (χ2n) is 9.34. The van der Waals surface area contributed by atoms with Gasteiger partial charge >= 0.3 is 5.97 Å². The van der Waals surface area contributed by atoms with E-state index in [2.05, 4.69) is 79.4 Å². The molecule has 1 saturated heterocycles. The minimum Gasteiger partial charge on any atom is -0.481 e. The number of aryl methyl sites for hydroxylation is 2. The standard InChI is InChI=1S/C29H35NO3/c1-21-13-15-25(19-24(21)14-16-29(31)32)30-17-18-33-26(20-30)10-5-7-22(2)27-12-6-9-23-8-3-4-11-28(23)27/h3-4,6,8-9,11-13,15,19,22,26H,5,7,10,14,16-18,20H2,1-2H3,(H,31,32)/t22-,26?/m0/s1. The molecule has 1 aliphatic rings. The van der Waals surface area contributed by atoms with Gasteiger partial charge in [0.05, 0.1) is 12.7 Å². The number of anilines is 1. The van der Waals surface area contributed by atoms with Crippen LogP contribution in [0.5, 0.6) is 0 Å². The van der Waals surface area contributed by atoms with Crippen molar-refractivity contribution in [2.45, 2.75) is 58.0 Å². The molecule has 1 fully saturated rings. The summed E-state index contributed by atoms with van der Waals surface area (Å²) in [5.41, 5.74) is 4.90.